The highest BCUT2D eigenvalue weighted by molar-refractivity contribution is 5.77. The van der Waals surface area contributed by atoms with Crippen molar-refractivity contribution in [1.82, 2.24) is 14.8 Å². The number of nitrogens with zero attached hydrogens (tertiary/aromatic N) is 3. The molecule has 0 aliphatic carbocycles. The summed E-state index contributed by atoms with van der Waals surface area (Å²) in [5.74, 6) is 0.351. The van der Waals surface area contributed by atoms with Crippen LogP contribution in [0, 0.1) is 0 Å². The summed E-state index contributed by atoms with van der Waals surface area (Å²) >= 11 is 0. The van der Waals surface area contributed by atoms with Gasteiger partial charge >= 0.3 is 0 Å². The third-order valence-electron chi connectivity index (χ3n) is 3.02. The molecule has 7 nitrogen and oxygen atoms in total. The third-order valence-corrected chi connectivity index (χ3v) is 3.02. The van der Waals surface area contributed by atoms with Crippen molar-refractivity contribution < 1.29 is 14.4 Å². The van der Waals surface area contributed by atoms with E-state index in [0.717, 1.165) is 24.9 Å². The predicted octanol–water partition coefficient (Wildman–Crippen LogP) is 0.0249. The smallest absolute Gasteiger partial charge is 0.212 e. The van der Waals surface area contributed by atoms with Crippen molar-refractivity contribution in [3.05, 3.63) is 23.4 Å². The Hall–Kier alpha value is -2.12. The lowest BCUT2D eigenvalue weighted by molar-refractivity contribution is -0.108. The van der Waals surface area contributed by atoms with Gasteiger partial charge in [-0.1, -0.05) is 6.07 Å². The Kier molecular flexibility index (Phi) is 7.20. The van der Waals surface area contributed by atoms with Gasteiger partial charge in [0.25, 0.3) is 0 Å². The lowest BCUT2D eigenvalue weighted by Gasteiger charge is -2.21. The Labute approximate surface area is 123 Å². The molecule has 0 bridgehead atoms. The van der Waals surface area contributed by atoms with Crippen LogP contribution in [0.3, 0.4) is 0 Å². The molecule has 1 amide bonds. The van der Waals surface area contributed by atoms with Crippen molar-refractivity contribution in [2.24, 2.45) is 0 Å². The molecule has 0 fully saturated rings. The molecule has 0 aliphatic heterocycles. The van der Waals surface area contributed by atoms with Crippen molar-refractivity contribution in [2.45, 2.75) is 6.54 Å². The number of carbonyl (C=O) groups excluding carboxylic acids is 3. The van der Waals surface area contributed by atoms with Crippen LogP contribution < -0.4 is 5.32 Å². The molecule has 0 saturated heterocycles. The normalized spacial score (nSPS) is 10.7. The molecular weight excluding hydrogens is 272 g/mol. The maximum absolute atomic E-state index is 11.1. The monoisotopic (exact) mass is 292 g/mol. The van der Waals surface area contributed by atoms with Crippen LogP contribution in [-0.2, 0) is 16.1 Å². The second kappa shape index (κ2) is 8.93. The predicted molar refractivity (Wildman–Crippen MR) is 79.2 cm³/mol. The zero-order valence-corrected chi connectivity index (χ0v) is 12.3. The number of hydrogen-bond acceptors (Lipinski definition) is 6. The quantitative estimate of drug-likeness (QED) is 0.612. The van der Waals surface area contributed by atoms with Crippen molar-refractivity contribution in [3.8, 4) is 0 Å². The average molecular weight is 292 g/mol. The molecule has 21 heavy (non-hydrogen) atoms. The molecule has 1 aromatic heterocycles. The number of carbonyl (C=O) groups is 3. The Morgan fingerprint density at radius 2 is 1.86 bits per heavy atom. The van der Waals surface area contributed by atoms with Crippen LogP contribution in [0.4, 0.5) is 5.82 Å². The number of pyridine rings is 1. The minimum atomic E-state index is 0.315. The molecule has 1 N–H and O–H groups in total. The Morgan fingerprint density at radius 1 is 1.14 bits per heavy atom. The average Bonchev–Trinajstić information content (AvgIpc) is 2.47. The van der Waals surface area contributed by atoms with E-state index in [2.05, 4.69) is 10.3 Å². The standard InChI is InChI=1S/C14H20N4O3/c1-17(7-8-19)5-6-18(2)9-12-3-4-14(15-11-21)16-13(12)10-20/h3-4,8,10-11H,5-7,9H2,1-2H3,(H,15,16,21). The first kappa shape index (κ1) is 16.9. The van der Waals surface area contributed by atoms with Crippen molar-refractivity contribution in [2.75, 3.05) is 39.0 Å². The number of aromatic nitrogens is 1. The van der Waals surface area contributed by atoms with Crippen molar-refractivity contribution >= 4 is 24.8 Å². The number of rotatable bonds is 10. The number of likely N-dealkylation sites (N-methyl/N-ethyl adjacent to an activating group) is 2. The summed E-state index contributed by atoms with van der Waals surface area (Å²) in [6, 6.07) is 3.43. The second-order valence-electron chi connectivity index (χ2n) is 4.79. The van der Waals surface area contributed by atoms with E-state index in [-0.39, 0.29) is 0 Å². The highest BCUT2D eigenvalue weighted by atomic mass is 16.1. The topological polar surface area (TPSA) is 82.6 Å². The van der Waals surface area contributed by atoms with Gasteiger partial charge in [-0.3, -0.25) is 14.5 Å². The highest BCUT2D eigenvalue weighted by Gasteiger charge is 2.08. The second-order valence-corrected chi connectivity index (χ2v) is 4.79. The fraction of sp³-hybridized carbons (Fsp3) is 0.429. The van der Waals surface area contributed by atoms with Crippen LogP contribution in [0.25, 0.3) is 0 Å². The largest absolute Gasteiger partial charge is 0.313 e. The Morgan fingerprint density at radius 3 is 2.48 bits per heavy atom. The maximum atomic E-state index is 11.1. The molecule has 1 rings (SSSR count). The molecule has 1 heterocycles. The van der Waals surface area contributed by atoms with Crippen LogP contribution in [-0.4, -0.2) is 67.5 Å². The molecule has 0 atom stereocenters. The van der Waals surface area contributed by atoms with Gasteiger partial charge in [0, 0.05) is 19.6 Å². The fourth-order valence-corrected chi connectivity index (χ4v) is 1.81. The fourth-order valence-electron chi connectivity index (χ4n) is 1.81. The molecule has 0 aromatic carbocycles. The summed E-state index contributed by atoms with van der Waals surface area (Å²) in [5, 5.41) is 2.41. The third kappa shape index (κ3) is 5.80. The van der Waals surface area contributed by atoms with E-state index in [0.29, 0.717) is 37.3 Å². The van der Waals surface area contributed by atoms with E-state index in [1.165, 1.54) is 0 Å². The molecule has 114 valence electrons. The summed E-state index contributed by atoms with van der Waals surface area (Å²) in [7, 11) is 3.81. The molecule has 0 spiro atoms. The summed E-state index contributed by atoms with van der Waals surface area (Å²) in [6.07, 6.45) is 2.07. The first-order valence-electron chi connectivity index (χ1n) is 6.56. The molecule has 1 aromatic rings. The lowest BCUT2D eigenvalue weighted by Crippen LogP contribution is -2.31. The number of anilines is 1. The zero-order chi connectivity index (χ0) is 15.7. The van der Waals surface area contributed by atoms with Crippen LogP contribution >= 0.6 is 0 Å². The zero-order valence-electron chi connectivity index (χ0n) is 12.3. The maximum Gasteiger partial charge on any atom is 0.212 e. The van der Waals surface area contributed by atoms with E-state index in [1.54, 1.807) is 12.1 Å². The number of aldehydes is 2. The van der Waals surface area contributed by atoms with Gasteiger partial charge < -0.3 is 15.0 Å². The first-order valence-corrected chi connectivity index (χ1v) is 6.56. The van der Waals surface area contributed by atoms with Crippen LogP contribution in [0.2, 0.25) is 0 Å². The Bertz CT molecular complexity index is 493. The SMILES string of the molecule is CN(CC=O)CCN(C)Cc1ccc(NC=O)nc1C=O. The molecular formula is C14H20N4O3. The van der Waals surface area contributed by atoms with Crippen LogP contribution in [0.15, 0.2) is 12.1 Å². The number of hydrogen-bond donors (Lipinski definition) is 1. The van der Waals surface area contributed by atoms with Crippen LogP contribution in [0.1, 0.15) is 16.1 Å². The molecule has 0 unspecified atom stereocenters. The van der Waals surface area contributed by atoms with Gasteiger partial charge in [-0.05, 0) is 25.7 Å². The molecule has 0 saturated carbocycles. The summed E-state index contributed by atoms with van der Waals surface area (Å²) in [4.78, 5) is 39.8. The van der Waals surface area contributed by atoms with E-state index in [9.17, 15) is 14.4 Å². The van der Waals surface area contributed by atoms with Crippen molar-refractivity contribution in [1.29, 1.82) is 0 Å². The van der Waals surface area contributed by atoms with E-state index in [4.69, 9.17) is 0 Å². The lowest BCUT2D eigenvalue weighted by atomic mass is 10.2. The van der Waals surface area contributed by atoms with Gasteiger partial charge in [0.15, 0.2) is 6.29 Å². The van der Waals surface area contributed by atoms with Gasteiger partial charge in [0.1, 0.15) is 17.8 Å². The van der Waals surface area contributed by atoms with E-state index in [1.807, 2.05) is 23.9 Å². The van der Waals surface area contributed by atoms with E-state index >= 15 is 0 Å². The molecule has 0 aliphatic rings. The van der Waals surface area contributed by atoms with Crippen LogP contribution in [0.5, 0.6) is 0 Å². The van der Waals surface area contributed by atoms with Gasteiger partial charge in [0.2, 0.25) is 6.41 Å². The van der Waals surface area contributed by atoms with E-state index < -0.39 is 0 Å². The number of amides is 1. The van der Waals surface area contributed by atoms with Gasteiger partial charge in [-0.15, -0.1) is 0 Å². The summed E-state index contributed by atoms with van der Waals surface area (Å²) in [6.45, 7) is 2.49. The highest BCUT2D eigenvalue weighted by Crippen LogP contribution is 2.11. The summed E-state index contributed by atoms with van der Waals surface area (Å²) in [5.41, 5.74) is 1.11. The van der Waals surface area contributed by atoms with Gasteiger partial charge in [-0.25, -0.2) is 4.98 Å². The summed E-state index contributed by atoms with van der Waals surface area (Å²) < 4.78 is 0. The minimum Gasteiger partial charge on any atom is -0.313 e. The molecule has 0 radical (unpaired) electrons. The minimum absolute atomic E-state index is 0.315. The van der Waals surface area contributed by atoms with Gasteiger partial charge in [0.05, 0.1) is 6.54 Å². The molecule has 7 heteroatoms. The van der Waals surface area contributed by atoms with Crippen molar-refractivity contribution in [3.63, 3.8) is 0 Å². The Balaban J connectivity index is 2.62. The number of nitrogens with one attached hydrogen (secondary N) is 1. The van der Waals surface area contributed by atoms with Gasteiger partial charge in [-0.2, -0.15) is 0 Å². The first-order chi connectivity index (χ1) is 10.1.